The fourth-order valence-corrected chi connectivity index (χ4v) is 2.53. The van der Waals surface area contributed by atoms with E-state index in [4.69, 9.17) is 5.11 Å². The molecule has 1 rings (SSSR count). The first-order chi connectivity index (χ1) is 6.82. The molecule has 0 amide bonds. The van der Waals surface area contributed by atoms with E-state index in [9.17, 15) is 8.42 Å². The van der Waals surface area contributed by atoms with E-state index < -0.39 is 15.6 Å². The maximum Gasteiger partial charge on any atom is 0.244 e. The molecule has 15 heavy (non-hydrogen) atoms. The fraction of sp³-hybridized carbons (Fsp3) is 0.556. The van der Waals surface area contributed by atoms with E-state index in [0.717, 1.165) is 0 Å². The third kappa shape index (κ3) is 2.22. The van der Waals surface area contributed by atoms with Gasteiger partial charge in [-0.15, -0.1) is 0 Å². The normalized spacial score (nSPS) is 13.4. The smallest absolute Gasteiger partial charge is 0.244 e. The number of aromatic nitrogens is 1. The van der Waals surface area contributed by atoms with Crippen molar-refractivity contribution in [3.05, 3.63) is 18.5 Å². The number of hydrogen-bond donors (Lipinski definition) is 2. The van der Waals surface area contributed by atoms with Crippen LogP contribution >= 0.6 is 0 Å². The molecule has 0 radical (unpaired) electrons. The van der Waals surface area contributed by atoms with E-state index in [0.29, 0.717) is 0 Å². The molecular weight excluding hydrogens is 216 g/mol. The number of hydrogen-bond acceptors (Lipinski definition) is 3. The van der Waals surface area contributed by atoms with Gasteiger partial charge < -0.3 is 10.1 Å². The van der Waals surface area contributed by atoms with Gasteiger partial charge in [0, 0.05) is 19.4 Å². The Balaban J connectivity index is 3.09. The first kappa shape index (κ1) is 12.2. The molecule has 2 N–H and O–H groups in total. The Bertz CT molecular complexity index is 409. The lowest BCUT2D eigenvalue weighted by molar-refractivity contribution is 0.138. The van der Waals surface area contributed by atoms with Crippen molar-refractivity contribution in [2.75, 3.05) is 13.7 Å². The summed E-state index contributed by atoms with van der Waals surface area (Å²) in [5.74, 6) is 0. The van der Waals surface area contributed by atoms with E-state index >= 15 is 0 Å². The van der Waals surface area contributed by atoms with E-state index in [2.05, 4.69) is 4.98 Å². The average Bonchev–Trinajstić information content (AvgIpc) is 2.69. The maximum absolute atomic E-state index is 12.0. The Labute approximate surface area is 89.8 Å². The van der Waals surface area contributed by atoms with Gasteiger partial charge in [-0.3, -0.25) is 0 Å². The van der Waals surface area contributed by atoms with Crippen LogP contribution in [0.3, 0.4) is 0 Å². The minimum absolute atomic E-state index is 0.200. The Morgan fingerprint density at radius 1 is 1.53 bits per heavy atom. The second kappa shape index (κ2) is 3.96. The molecule has 0 aliphatic heterocycles. The van der Waals surface area contributed by atoms with Crippen molar-refractivity contribution in [2.24, 2.45) is 0 Å². The highest BCUT2D eigenvalue weighted by Gasteiger charge is 2.33. The molecule has 0 spiro atoms. The van der Waals surface area contributed by atoms with Gasteiger partial charge in [-0.2, -0.15) is 4.31 Å². The summed E-state index contributed by atoms with van der Waals surface area (Å²) in [5.41, 5.74) is -0.809. The number of aromatic amines is 1. The summed E-state index contributed by atoms with van der Waals surface area (Å²) in [7, 11) is -2.07. The molecule has 0 aliphatic carbocycles. The van der Waals surface area contributed by atoms with Gasteiger partial charge in [0.05, 0.1) is 17.0 Å². The van der Waals surface area contributed by atoms with Crippen LogP contribution in [0.2, 0.25) is 0 Å². The lowest BCUT2D eigenvalue weighted by Crippen LogP contribution is -2.47. The van der Waals surface area contributed by atoms with Crippen molar-refractivity contribution in [1.29, 1.82) is 0 Å². The predicted molar refractivity (Wildman–Crippen MR) is 56.9 cm³/mol. The van der Waals surface area contributed by atoms with Crippen molar-refractivity contribution in [2.45, 2.75) is 24.3 Å². The quantitative estimate of drug-likeness (QED) is 0.789. The van der Waals surface area contributed by atoms with E-state index in [1.165, 1.54) is 23.6 Å². The lowest BCUT2D eigenvalue weighted by Gasteiger charge is -2.32. The molecule has 0 aliphatic rings. The van der Waals surface area contributed by atoms with E-state index in [1.54, 1.807) is 20.0 Å². The van der Waals surface area contributed by atoms with Gasteiger partial charge in [-0.05, 0) is 19.9 Å². The number of nitrogens with zero attached hydrogens (tertiary/aromatic N) is 1. The SMILES string of the molecule is CN(C(C)(C)CO)S(=O)(=O)c1cc[nH]c1. The van der Waals surface area contributed by atoms with Gasteiger partial charge >= 0.3 is 0 Å². The summed E-state index contributed by atoms with van der Waals surface area (Å²) >= 11 is 0. The molecule has 0 aromatic carbocycles. The topological polar surface area (TPSA) is 73.4 Å². The molecule has 0 atom stereocenters. The van der Waals surface area contributed by atoms with Gasteiger partial charge in [0.2, 0.25) is 10.0 Å². The van der Waals surface area contributed by atoms with Gasteiger partial charge in [0.1, 0.15) is 0 Å². The summed E-state index contributed by atoms with van der Waals surface area (Å²) in [6.45, 7) is 3.10. The third-order valence-electron chi connectivity index (χ3n) is 2.47. The summed E-state index contributed by atoms with van der Waals surface area (Å²) in [6, 6.07) is 1.49. The largest absolute Gasteiger partial charge is 0.394 e. The molecule has 1 aromatic heterocycles. The van der Waals surface area contributed by atoms with Crippen molar-refractivity contribution in [3.63, 3.8) is 0 Å². The summed E-state index contributed by atoms with van der Waals surface area (Å²) < 4.78 is 25.2. The van der Waals surface area contributed by atoms with Crippen LogP contribution in [-0.4, -0.2) is 42.0 Å². The highest BCUT2D eigenvalue weighted by atomic mass is 32.2. The van der Waals surface area contributed by atoms with Gasteiger partial charge in [-0.25, -0.2) is 8.42 Å². The van der Waals surface area contributed by atoms with Crippen LogP contribution in [-0.2, 0) is 10.0 Å². The van der Waals surface area contributed by atoms with E-state index in [-0.39, 0.29) is 11.5 Å². The number of H-pyrrole nitrogens is 1. The van der Waals surface area contributed by atoms with Crippen LogP contribution < -0.4 is 0 Å². The molecule has 86 valence electrons. The first-order valence-electron chi connectivity index (χ1n) is 4.55. The predicted octanol–water partition coefficient (Wildman–Crippen LogP) is 0.406. The van der Waals surface area contributed by atoms with Crippen LogP contribution in [0.25, 0.3) is 0 Å². The third-order valence-corrected chi connectivity index (χ3v) is 4.53. The average molecular weight is 232 g/mol. The van der Waals surface area contributed by atoms with Gasteiger partial charge in [0.15, 0.2) is 0 Å². The second-order valence-electron chi connectivity index (χ2n) is 3.99. The van der Waals surface area contributed by atoms with Crippen molar-refractivity contribution in [3.8, 4) is 0 Å². The minimum Gasteiger partial charge on any atom is -0.394 e. The highest BCUT2D eigenvalue weighted by molar-refractivity contribution is 7.89. The minimum atomic E-state index is -3.52. The van der Waals surface area contributed by atoms with Crippen LogP contribution in [0.5, 0.6) is 0 Å². The number of rotatable bonds is 4. The molecule has 0 fully saturated rings. The maximum atomic E-state index is 12.0. The van der Waals surface area contributed by atoms with Crippen molar-refractivity contribution in [1.82, 2.24) is 9.29 Å². The molecular formula is C9H16N2O3S. The molecule has 0 saturated carbocycles. The summed E-state index contributed by atoms with van der Waals surface area (Å²) in [5, 5.41) is 9.11. The number of aliphatic hydroxyl groups is 1. The van der Waals surface area contributed by atoms with Crippen LogP contribution in [0.15, 0.2) is 23.4 Å². The summed E-state index contributed by atoms with van der Waals surface area (Å²) in [4.78, 5) is 2.89. The second-order valence-corrected chi connectivity index (χ2v) is 5.96. The summed E-state index contributed by atoms with van der Waals surface area (Å²) in [6.07, 6.45) is 2.96. The molecule has 1 heterocycles. The van der Waals surface area contributed by atoms with Gasteiger partial charge in [-0.1, -0.05) is 0 Å². The molecule has 0 bridgehead atoms. The number of nitrogens with one attached hydrogen (secondary N) is 1. The Hall–Kier alpha value is -0.850. The zero-order chi connectivity index (χ0) is 11.7. The molecule has 0 saturated heterocycles. The number of sulfonamides is 1. The van der Waals surface area contributed by atoms with E-state index in [1.807, 2.05) is 0 Å². The Morgan fingerprint density at radius 3 is 2.53 bits per heavy atom. The fourth-order valence-electron chi connectivity index (χ4n) is 1.05. The van der Waals surface area contributed by atoms with Crippen LogP contribution in [0, 0.1) is 0 Å². The Kier molecular flexibility index (Phi) is 3.22. The van der Waals surface area contributed by atoms with Crippen LogP contribution in [0.1, 0.15) is 13.8 Å². The van der Waals surface area contributed by atoms with Crippen molar-refractivity contribution >= 4 is 10.0 Å². The molecule has 0 unspecified atom stereocenters. The Morgan fingerprint density at radius 2 is 2.13 bits per heavy atom. The van der Waals surface area contributed by atoms with Crippen molar-refractivity contribution < 1.29 is 13.5 Å². The van der Waals surface area contributed by atoms with Gasteiger partial charge in [0.25, 0.3) is 0 Å². The molecule has 1 aromatic rings. The first-order valence-corrected chi connectivity index (χ1v) is 5.99. The lowest BCUT2D eigenvalue weighted by atomic mass is 10.1. The molecule has 5 nitrogen and oxygen atoms in total. The zero-order valence-electron chi connectivity index (χ0n) is 9.06. The monoisotopic (exact) mass is 232 g/mol. The number of aliphatic hydroxyl groups excluding tert-OH is 1. The molecule has 6 heteroatoms. The highest BCUT2D eigenvalue weighted by Crippen LogP contribution is 2.21. The van der Waals surface area contributed by atoms with Crippen LogP contribution in [0.4, 0.5) is 0 Å². The zero-order valence-corrected chi connectivity index (χ0v) is 9.87. The number of likely N-dealkylation sites (N-methyl/N-ethyl adjacent to an activating group) is 1. The standard InChI is InChI=1S/C9H16N2O3S/c1-9(2,7-12)11(3)15(13,14)8-4-5-10-6-8/h4-6,10,12H,7H2,1-3H3.